The molecule has 5 nitrogen and oxygen atoms in total. The van der Waals surface area contributed by atoms with Gasteiger partial charge in [0.15, 0.2) is 0 Å². The van der Waals surface area contributed by atoms with Gasteiger partial charge in [0.25, 0.3) is 15.9 Å². The minimum absolute atomic E-state index is 0.138. The predicted molar refractivity (Wildman–Crippen MR) is 108 cm³/mol. The van der Waals surface area contributed by atoms with Gasteiger partial charge in [-0.1, -0.05) is 30.5 Å². The van der Waals surface area contributed by atoms with Crippen LogP contribution in [0.1, 0.15) is 52.7 Å². The summed E-state index contributed by atoms with van der Waals surface area (Å²) >= 11 is 0. The van der Waals surface area contributed by atoms with Crippen LogP contribution < -0.4 is 10.0 Å². The van der Waals surface area contributed by atoms with Crippen LogP contribution in [0, 0.1) is 20.8 Å². The van der Waals surface area contributed by atoms with E-state index >= 15 is 0 Å². The number of nitrogens with one attached hydrogen (secondary N) is 2. The van der Waals surface area contributed by atoms with Crippen LogP contribution in [-0.2, 0) is 10.0 Å². The lowest BCUT2D eigenvalue weighted by atomic mass is 10.1. The maximum atomic E-state index is 12.7. The highest BCUT2D eigenvalue weighted by Gasteiger charge is 2.20. The topological polar surface area (TPSA) is 75.3 Å². The first kappa shape index (κ1) is 19.4. The molecule has 27 heavy (non-hydrogen) atoms. The molecule has 0 radical (unpaired) electrons. The molecule has 1 fully saturated rings. The average molecular weight is 387 g/mol. The van der Waals surface area contributed by atoms with Gasteiger partial charge >= 0.3 is 0 Å². The van der Waals surface area contributed by atoms with Crippen LogP contribution >= 0.6 is 0 Å². The fourth-order valence-corrected chi connectivity index (χ4v) is 4.86. The standard InChI is InChI=1S/C21H26N2O3S/c1-14-12-15(2)20(16(3)13-14)23-27(25,26)19-10-8-17(9-11-19)21(24)22-18-6-4-5-7-18/h8-13,18,23H,4-7H2,1-3H3,(H,22,24). The van der Waals surface area contributed by atoms with Crippen LogP contribution in [0.2, 0.25) is 0 Å². The van der Waals surface area contributed by atoms with Crippen molar-refractivity contribution < 1.29 is 13.2 Å². The maximum absolute atomic E-state index is 12.7. The fourth-order valence-electron chi connectivity index (χ4n) is 3.66. The zero-order chi connectivity index (χ0) is 19.6. The van der Waals surface area contributed by atoms with Crippen molar-refractivity contribution >= 4 is 21.6 Å². The van der Waals surface area contributed by atoms with E-state index in [2.05, 4.69) is 10.0 Å². The molecule has 2 aromatic carbocycles. The van der Waals surface area contributed by atoms with Gasteiger partial charge in [-0.2, -0.15) is 0 Å². The largest absolute Gasteiger partial charge is 0.349 e. The van der Waals surface area contributed by atoms with Crippen LogP contribution in [0.15, 0.2) is 41.3 Å². The summed E-state index contributed by atoms with van der Waals surface area (Å²) < 4.78 is 28.2. The Balaban J connectivity index is 1.76. The molecule has 0 unspecified atom stereocenters. The first-order chi connectivity index (χ1) is 12.8. The molecule has 0 bridgehead atoms. The van der Waals surface area contributed by atoms with E-state index < -0.39 is 10.0 Å². The monoisotopic (exact) mass is 386 g/mol. The number of carbonyl (C=O) groups excluding carboxylic acids is 1. The van der Waals surface area contributed by atoms with E-state index in [1.165, 1.54) is 12.1 Å². The Kier molecular flexibility index (Phi) is 5.56. The van der Waals surface area contributed by atoms with Crippen molar-refractivity contribution in [1.29, 1.82) is 0 Å². The Morgan fingerprint density at radius 3 is 2.07 bits per heavy atom. The molecule has 0 aromatic heterocycles. The quantitative estimate of drug-likeness (QED) is 0.813. The third kappa shape index (κ3) is 4.50. The van der Waals surface area contributed by atoms with E-state index in [1.54, 1.807) is 12.1 Å². The summed E-state index contributed by atoms with van der Waals surface area (Å²) in [6.07, 6.45) is 4.31. The smallest absolute Gasteiger partial charge is 0.261 e. The van der Waals surface area contributed by atoms with Gasteiger partial charge < -0.3 is 5.32 Å². The number of anilines is 1. The minimum atomic E-state index is -3.72. The Morgan fingerprint density at radius 2 is 1.52 bits per heavy atom. The highest BCUT2D eigenvalue weighted by atomic mass is 32.2. The lowest BCUT2D eigenvalue weighted by Crippen LogP contribution is -2.32. The zero-order valence-corrected chi connectivity index (χ0v) is 16.8. The predicted octanol–water partition coefficient (Wildman–Crippen LogP) is 4.09. The zero-order valence-electron chi connectivity index (χ0n) is 16.0. The lowest BCUT2D eigenvalue weighted by Gasteiger charge is -2.15. The SMILES string of the molecule is Cc1cc(C)c(NS(=O)(=O)c2ccc(C(=O)NC3CCCC3)cc2)c(C)c1. The lowest BCUT2D eigenvalue weighted by molar-refractivity contribution is 0.0938. The second-order valence-electron chi connectivity index (χ2n) is 7.36. The molecule has 1 amide bonds. The van der Waals surface area contributed by atoms with Crippen molar-refractivity contribution in [3.05, 3.63) is 58.7 Å². The molecule has 2 aromatic rings. The number of hydrogen-bond acceptors (Lipinski definition) is 3. The van der Waals surface area contributed by atoms with Gasteiger partial charge in [0.05, 0.1) is 10.6 Å². The highest BCUT2D eigenvalue weighted by molar-refractivity contribution is 7.92. The first-order valence-corrected chi connectivity index (χ1v) is 10.8. The minimum Gasteiger partial charge on any atom is -0.349 e. The summed E-state index contributed by atoms with van der Waals surface area (Å²) in [5, 5.41) is 3.01. The maximum Gasteiger partial charge on any atom is 0.261 e. The van der Waals surface area contributed by atoms with Crippen molar-refractivity contribution in [2.75, 3.05) is 4.72 Å². The van der Waals surface area contributed by atoms with E-state index in [1.807, 2.05) is 32.9 Å². The van der Waals surface area contributed by atoms with E-state index in [-0.39, 0.29) is 16.8 Å². The number of rotatable bonds is 5. The van der Waals surface area contributed by atoms with Gasteiger partial charge in [0, 0.05) is 11.6 Å². The van der Waals surface area contributed by atoms with Crippen molar-refractivity contribution in [1.82, 2.24) is 5.32 Å². The van der Waals surface area contributed by atoms with Gasteiger partial charge in [-0.15, -0.1) is 0 Å². The number of carbonyl (C=O) groups is 1. The molecule has 0 heterocycles. The van der Waals surface area contributed by atoms with Gasteiger partial charge in [-0.25, -0.2) is 8.42 Å². The molecule has 0 atom stereocenters. The summed E-state index contributed by atoms with van der Waals surface area (Å²) in [6, 6.07) is 10.2. The van der Waals surface area contributed by atoms with E-state index in [9.17, 15) is 13.2 Å². The van der Waals surface area contributed by atoms with Crippen LogP contribution in [-0.4, -0.2) is 20.4 Å². The van der Waals surface area contributed by atoms with Crippen molar-refractivity contribution in [3.8, 4) is 0 Å². The summed E-state index contributed by atoms with van der Waals surface area (Å²) in [5.41, 5.74) is 3.92. The molecule has 0 spiro atoms. The molecule has 0 saturated heterocycles. The molecule has 1 saturated carbocycles. The first-order valence-electron chi connectivity index (χ1n) is 9.28. The number of benzene rings is 2. The summed E-state index contributed by atoms with van der Waals surface area (Å²) in [4.78, 5) is 12.4. The highest BCUT2D eigenvalue weighted by Crippen LogP contribution is 2.25. The molecule has 3 rings (SSSR count). The number of sulfonamides is 1. The third-order valence-electron chi connectivity index (χ3n) is 5.03. The van der Waals surface area contributed by atoms with Crippen LogP contribution in [0.25, 0.3) is 0 Å². The molecular formula is C21H26N2O3S. The normalized spacial score (nSPS) is 14.9. The van der Waals surface area contributed by atoms with Crippen molar-refractivity contribution in [2.24, 2.45) is 0 Å². The Morgan fingerprint density at radius 1 is 0.963 bits per heavy atom. The molecule has 1 aliphatic rings. The molecule has 0 aliphatic heterocycles. The number of aryl methyl sites for hydroxylation is 3. The van der Waals surface area contributed by atoms with Crippen molar-refractivity contribution in [2.45, 2.75) is 57.4 Å². The van der Waals surface area contributed by atoms with E-state index in [0.29, 0.717) is 11.3 Å². The number of hydrogen-bond donors (Lipinski definition) is 2. The molecule has 6 heteroatoms. The third-order valence-corrected chi connectivity index (χ3v) is 6.40. The Bertz CT molecular complexity index is 921. The summed E-state index contributed by atoms with van der Waals surface area (Å²) in [7, 11) is -3.72. The van der Waals surface area contributed by atoms with Crippen molar-refractivity contribution in [3.63, 3.8) is 0 Å². The molecule has 2 N–H and O–H groups in total. The summed E-state index contributed by atoms with van der Waals surface area (Å²) in [5.74, 6) is -0.149. The second-order valence-corrected chi connectivity index (χ2v) is 9.04. The Hall–Kier alpha value is -2.34. The number of amides is 1. The fraction of sp³-hybridized carbons (Fsp3) is 0.381. The Labute approximate surface area is 161 Å². The van der Waals surface area contributed by atoms with Gasteiger partial charge in [0.1, 0.15) is 0 Å². The van der Waals surface area contributed by atoms with Gasteiger partial charge in [-0.05, 0) is 69.0 Å². The van der Waals surface area contributed by atoms with Crippen LogP contribution in [0.3, 0.4) is 0 Å². The van der Waals surface area contributed by atoms with Crippen LogP contribution in [0.4, 0.5) is 5.69 Å². The molecular weight excluding hydrogens is 360 g/mol. The second kappa shape index (κ2) is 7.72. The van der Waals surface area contributed by atoms with E-state index in [0.717, 1.165) is 42.4 Å². The summed E-state index contributed by atoms with van der Waals surface area (Å²) in [6.45, 7) is 5.75. The van der Waals surface area contributed by atoms with Gasteiger partial charge in [-0.3, -0.25) is 9.52 Å². The van der Waals surface area contributed by atoms with Crippen LogP contribution in [0.5, 0.6) is 0 Å². The van der Waals surface area contributed by atoms with E-state index in [4.69, 9.17) is 0 Å². The molecule has 144 valence electrons. The average Bonchev–Trinajstić information content (AvgIpc) is 3.11. The van der Waals surface area contributed by atoms with Gasteiger partial charge in [0.2, 0.25) is 0 Å². The molecule has 1 aliphatic carbocycles.